The zero-order valence-corrected chi connectivity index (χ0v) is 14.9. The van der Waals surface area contributed by atoms with Crippen LogP contribution in [0.5, 0.6) is 11.5 Å². The lowest BCUT2D eigenvalue weighted by atomic mass is 10.3. The number of nitrogens with one attached hydrogen (secondary N) is 2. The first-order valence-electron chi connectivity index (χ1n) is 7.94. The lowest BCUT2D eigenvalue weighted by Crippen LogP contribution is -2.22. The van der Waals surface area contributed by atoms with Gasteiger partial charge in [0.1, 0.15) is 16.4 Å². The van der Waals surface area contributed by atoms with E-state index in [9.17, 15) is 13.2 Å². The minimum atomic E-state index is -3.95. The minimum Gasteiger partial charge on any atom is -0.457 e. The molecule has 0 saturated heterocycles. The van der Waals surface area contributed by atoms with E-state index in [1.54, 1.807) is 30.3 Å². The molecule has 0 bridgehead atoms. The number of amides is 2. The average Bonchev–Trinajstić information content (AvgIpc) is 2.64. The Labute approximate surface area is 156 Å². The molecule has 0 saturated carbocycles. The van der Waals surface area contributed by atoms with Crippen molar-refractivity contribution in [3.63, 3.8) is 0 Å². The van der Waals surface area contributed by atoms with E-state index in [1.807, 2.05) is 30.3 Å². The Morgan fingerprint density at radius 1 is 0.778 bits per heavy atom. The van der Waals surface area contributed by atoms with Gasteiger partial charge in [-0.1, -0.05) is 30.3 Å². The van der Waals surface area contributed by atoms with Crippen LogP contribution in [0.15, 0.2) is 83.8 Å². The number of hydrogen-bond donors (Lipinski definition) is 3. The molecule has 0 atom stereocenters. The van der Waals surface area contributed by atoms with Gasteiger partial charge in [-0.2, -0.15) is 0 Å². The summed E-state index contributed by atoms with van der Waals surface area (Å²) < 4.78 is 28.8. The van der Waals surface area contributed by atoms with Crippen molar-refractivity contribution in [2.45, 2.75) is 4.90 Å². The van der Waals surface area contributed by atoms with Gasteiger partial charge in [0.25, 0.3) is 0 Å². The monoisotopic (exact) mass is 383 g/mol. The molecule has 138 valence electrons. The van der Waals surface area contributed by atoms with Gasteiger partial charge in [-0.15, -0.1) is 0 Å². The maximum absolute atomic E-state index is 12.1. The van der Waals surface area contributed by atoms with Crippen molar-refractivity contribution in [3.05, 3.63) is 78.9 Å². The van der Waals surface area contributed by atoms with Crippen LogP contribution in [-0.2, 0) is 10.0 Å². The first-order chi connectivity index (χ1) is 12.9. The molecule has 4 N–H and O–H groups in total. The van der Waals surface area contributed by atoms with Crippen LogP contribution in [0, 0.1) is 0 Å². The molecule has 0 unspecified atom stereocenters. The van der Waals surface area contributed by atoms with E-state index in [4.69, 9.17) is 9.88 Å². The molecular formula is C19H17N3O4S. The van der Waals surface area contributed by atoms with Crippen molar-refractivity contribution >= 4 is 27.4 Å². The molecule has 0 aliphatic heterocycles. The lowest BCUT2D eigenvalue weighted by molar-refractivity contribution is 0.262. The number of hydrogen-bond acceptors (Lipinski definition) is 4. The molecule has 7 nitrogen and oxygen atoms in total. The molecular weight excluding hydrogens is 366 g/mol. The molecule has 0 fully saturated rings. The van der Waals surface area contributed by atoms with Gasteiger partial charge in [0.15, 0.2) is 0 Å². The summed E-state index contributed by atoms with van der Waals surface area (Å²) in [5.74, 6) is 1.32. The Morgan fingerprint density at radius 2 is 1.37 bits per heavy atom. The lowest BCUT2D eigenvalue weighted by Gasteiger charge is -2.11. The summed E-state index contributed by atoms with van der Waals surface area (Å²) in [6.45, 7) is 0. The molecule has 27 heavy (non-hydrogen) atoms. The third-order valence-electron chi connectivity index (χ3n) is 3.53. The number of rotatable bonds is 5. The Bertz CT molecular complexity index is 1040. The number of sulfonamides is 1. The van der Waals surface area contributed by atoms with Crippen molar-refractivity contribution in [2.24, 2.45) is 5.14 Å². The number of benzene rings is 3. The summed E-state index contributed by atoms with van der Waals surface area (Å²) in [5, 5.41) is 10.3. The number of ether oxygens (including phenoxy) is 1. The van der Waals surface area contributed by atoms with Gasteiger partial charge >= 0.3 is 6.03 Å². The Hall–Kier alpha value is -3.36. The van der Waals surface area contributed by atoms with E-state index in [0.717, 1.165) is 0 Å². The van der Waals surface area contributed by atoms with E-state index < -0.39 is 16.1 Å². The summed E-state index contributed by atoms with van der Waals surface area (Å²) in [7, 11) is -3.95. The highest BCUT2D eigenvalue weighted by Crippen LogP contribution is 2.23. The summed E-state index contributed by atoms with van der Waals surface area (Å²) in [4.78, 5) is 12.0. The van der Waals surface area contributed by atoms with Crippen molar-refractivity contribution < 1.29 is 17.9 Å². The van der Waals surface area contributed by atoms with Crippen molar-refractivity contribution in [3.8, 4) is 11.5 Å². The van der Waals surface area contributed by atoms with Crippen LogP contribution >= 0.6 is 0 Å². The van der Waals surface area contributed by atoms with Crippen LogP contribution in [0.1, 0.15) is 0 Å². The highest BCUT2D eigenvalue weighted by molar-refractivity contribution is 7.89. The minimum absolute atomic E-state index is 0.0986. The van der Waals surface area contributed by atoms with Crippen LogP contribution in [0.25, 0.3) is 0 Å². The van der Waals surface area contributed by atoms with E-state index in [1.165, 1.54) is 18.2 Å². The SMILES string of the molecule is NS(=O)(=O)c1ccccc1NC(=O)Nc1ccc(Oc2ccccc2)cc1. The Balaban J connectivity index is 1.65. The summed E-state index contributed by atoms with van der Waals surface area (Å²) in [6, 6.07) is 21.4. The normalized spacial score (nSPS) is 10.9. The number of urea groups is 1. The molecule has 0 aliphatic carbocycles. The second-order valence-corrected chi connectivity index (χ2v) is 7.09. The van der Waals surface area contributed by atoms with Crippen molar-refractivity contribution in [2.75, 3.05) is 10.6 Å². The van der Waals surface area contributed by atoms with Gasteiger partial charge in [0, 0.05) is 5.69 Å². The van der Waals surface area contributed by atoms with Gasteiger partial charge in [-0.05, 0) is 48.5 Å². The first kappa shape index (κ1) is 18.4. The van der Waals surface area contributed by atoms with Crippen LogP contribution in [0.4, 0.5) is 16.2 Å². The van der Waals surface area contributed by atoms with Gasteiger partial charge in [-0.3, -0.25) is 0 Å². The van der Waals surface area contributed by atoms with Crippen LogP contribution in [0.2, 0.25) is 0 Å². The average molecular weight is 383 g/mol. The van der Waals surface area contributed by atoms with E-state index in [0.29, 0.717) is 17.2 Å². The predicted molar refractivity (Wildman–Crippen MR) is 103 cm³/mol. The maximum Gasteiger partial charge on any atom is 0.323 e. The zero-order chi connectivity index (χ0) is 19.3. The molecule has 0 radical (unpaired) electrons. The zero-order valence-electron chi connectivity index (χ0n) is 14.1. The molecule has 0 heterocycles. The number of primary sulfonamides is 1. The van der Waals surface area contributed by atoms with Crippen molar-refractivity contribution in [1.29, 1.82) is 0 Å². The molecule has 0 aromatic heterocycles. The van der Waals surface area contributed by atoms with Crippen molar-refractivity contribution in [1.82, 2.24) is 0 Å². The van der Waals surface area contributed by atoms with Gasteiger partial charge in [0.05, 0.1) is 5.69 Å². The summed E-state index contributed by atoms with van der Waals surface area (Å²) >= 11 is 0. The second-order valence-electron chi connectivity index (χ2n) is 5.56. The molecule has 3 rings (SSSR count). The predicted octanol–water partition coefficient (Wildman–Crippen LogP) is 3.77. The number of nitrogens with two attached hydrogens (primary N) is 1. The largest absolute Gasteiger partial charge is 0.457 e. The molecule has 3 aromatic carbocycles. The number of anilines is 2. The van der Waals surface area contributed by atoms with Gasteiger partial charge in [0.2, 0.25) is 10.0 Å². The fraction of sp³-hybridized carbons (Fsp3) is 0. The molecule has 0 aliphatic rings. The van der Waals surface area contributed by atoms with E-state index >= 15 is 0 Å². The molecule has 0 spiro atoms. The van der Waals surface area contributed by atoms with Crippen LogP contribution < -0.4 is 20.5 Å². The molecule has 8 heteroatoms. The molecule has 2 amide bonds. The standard InChI is InChI=1S/C19H17N3O4S/c20-27(24,25)18-9-5-4-8-17(18)22-19(23)21-14-10-12-16(13-11-14)26-15-6-2-1-3-7-15/h1-13H,(H2,20,24,25)(H2,21,22,23). The van der Waals surface area contributed by atoms with Crippen LogP contribution in [-0.4, -0.2) is 14.4 Å². The summed E-state index contributed by atoms with van der Waals surface area (Å²) in [5.41, 5.74) is 0.613. The van der Waals surface area contributed by atoms with Gasteiger partial charge in [-0.25, -0.2) is 18.4 Å². The number of carbonyl (C=O) groups is 1. The fourth-order valence-corrected chi connectivity index (χ4v) is 3.03. The Kier molecular flexibility index (Phi) is 5.39. The third kappa shape index (κ3) is 5.06. The van der Waals surface area contributed by atoms with Crippen LogP contribution in [0.3, 0.4) is 0 Å². The highest BCUT2D eigenvalue weighted by Gasteiger charge is 2.15. The fourth-order valence-electron chi connectivity index (χ4n) is 2.33. The second kappa shape index (κ2) is 7.90. The number of para-hydroxylation sites is 2. The van der Waals surface area contributed by atoms with E-state index in [-0.39, 0.29) is 10.6 Å². The summed E-state index contributed by atoms with van der Waals surface area (Å²) in [6.07, 6.45) is 0. The topological polar surface area (TPSA) is 111 Å². The smallest absolute Gasteiger partial charge is 0.323 e. The third-order valence-corrected chi connectivity index (χ3v) is 4.50. The Morgan fingerprint density at radius 3 is 2.04 bits per heavy atom. The molecule has 3 aromatic rings. The number of carbonyl (C=O) groups excluding carboxylic acids is 1. The quantitative estimate of drug-likeness (QED) is 0.623. The maximum atomic E-state index is 12.1. The van der Waals surface area contributed by atoms with Gasteiger partial charge < -0.3 is 15.4 Å². The highest BCUT2D eigenvalue weighted by atomic mass is 32.2. The van der Waals surface area contributed by atoms with E-state index in [2.05, 4.69) is 10.6 Å². The first-order valence-corrected chi connectivity index (χ1v) is 9.49.